The van der Waals surface area contributed by atoms with Crippen LogP contribution in [0, 0.1) is 0 Å². The molecule has 15 heavy (non-hydrogen) atoms. The van der Waals surface area contributed by atoms with Gasteiger partial charge in [-0.25, -0.2) is 9.37 Å². The number of hydrogen-bond donors (Lipinski definition) is 0. The SMILES string of the molecule is CC(C)(C)c1cnc(N2CC[C@H](F)C2)o1. The number of aromatic nitrogens is 1. The molecule has 4 heteroatoms. The highest BCUT2D eigenvalue weighted by Gasteiger charge is 2.27. The van der Waals surface area contributed by atoms with Gasteiger partial charge in [-0.15, -0.1) is 0 Å². The lowest BCUT2D eigenvalue weighted by atomic mass is 9.94. The maximum atomic E-state index is 13.0. The summed E-state index contributed by atoms with van der Waals surface area (Å²) in [7, 11) is 0. The van der Waals surface area contributed by atoms with Gasteiger partial charge in [-0.3, -0.25) is 0 Å². The lowest BCUT2D eigenvalue weighted by molar-refractivity contribution is 0.361. The van der Waals surface area contributed by atoms with E-state index in [4.69, 9.17) is 4.42 Å². The van der Waals surface area contributed by atoms with Gasteiger partial charge in [0.1, 0.15) is 11.9 Å². The number of alkyl halides is 1. The molecule has 0 aromatic carbocycles. The minimum atomic E-state index is -0.741. The molecule has 1 atom stereocenters. The molecule has 84 valence electrons. The second-order valence-corrected chi connectivity index (χ2v) is 5.09. The van der Waals surface area contributed by atoms with Crippen LogP contribution in [0.1, 0.15) is 33.0 Å². The number of anilines is 1. The van der Waals surface area contributed by atoms with Gasteiger partial charge in [0, 0.05) is 12.0 Å². The fourth-order valence-electron chi connectivity index (χ4n) is 1.65. The van der Waals surface area contributed by atoms with Gasteiger partial charge in [0.2, 0.25) is 0 Å². The van der Waals surface area contributed by atoms with Gasteiger partial charge in [0.05, 0.1) is 12.7 Å². The maximum Gasteiger partial charge on any atom is 0.297 e. The maximum absolute atomic E-state index is 13.0. The predicted molar refractivity (Wildman–Crippen MR) is 56.9 cm³/mol. The van der Waals surface area contributed by atoms with Crippen molar-refractivity contribution in [1.82, 2.24) is 4.98 Å². The van der Waals surface area contributed by atoms with Crippen LogP contribution >= 0.6 is 0 Å². The standard InChI is InChI=1S/C11H17FN2O/c1-11(2,3)9-6-13-10(15-9)14-5-4-8(12)7-14/h6,8H,4-5,7H2,1-3H3/t8-/m0/s1. The molecule has 3 nitrogen and oxygen atoms in total. The molecule has 0 radical (unpaired) electrons. The summed E-state index contributed by atoms with van der Waals surface area (Å²) in [6.07, 6.45) is 1.57. The molecular weight excluding hydrogens is 195 g/mol. The first kappa shape index (κ1) is 10.5. The zero-order valence-electron chi connectivity index (χ0n) is 9.46. The van der Waals surface area contributed by atoms with Crippen LogP contribution in [-0.2, 0) is 5.41 Å². The van der Waals surface area contributed by atoms with Crippen molar-refractivity contribution < 1.29 is 8.81 Å². The summed E-state index contributed by atoms with van der Waals surface area (Å²) in [6, 6.07) is 0.556. The van der Waals surface area contributed by atoms with Gasteiger partial charge in [-0.1, -0.05) is 20.8 Å². The monoisotopic (exact) mass is 212 g/mol. The molecule has 1 saturated heterocycles. The third kappa shape index (κ3) is 2.13. The lowest BCUT2D eigenvalue weighted by Gasteiger charge is -2.15. The summed E-state index contributed by atoms with van der Waals surface area (Å²) < 4.78 is 18.6. The average Bonchev–Trinajstić information content (AvgIpc) is 2.69. The zero-order chi connectivity index (χ0) is 11.1. The first-order chi connectivity index (χ1) is 6.97. The molecule has 0 spiro atoms. The summed E-state index contributed by atoms with van der Waals surface area (Å²) in [5, 5.41) is 0. The molecule has 1 aromatic rings. The second kappa shape index (κ2) is 3.51. The predicted octanol–water partition coefficient (Wildman–Crippen LogP) is 2.52. The molecule has 0 aliphatic carbocycles. The number of halogens is 1. The summed E-state index contributed by atoms with van der Waals surface area (Å²) in [6.45, 7) is 7.31. The van der Waals surface area contributed by atoms with Gasteiger partial charge in [0.25, 0.3) is 6.01 Å². The largest absolute Gasteiger partial charge is 0.428 e. The Balaban J connectivity index is 2.14. The van der Waals surface area contributed by atoms with E-state index in [1.807, 2.05) is 4.90 Å². The van der Waals surface area contributed by atoms with Gasteiger partial charge in [-0.05, 0) is 6.42 Å². The van der Waals surface area contributed by atoms with Gasteiger partial charge < -0.3 is 9.32 Å². The van der Waals surface area contributed by atoms with Crippen LogP contribution in [-0.4, -0.2) is 24.2 Å². The minimum absolute atomic E-state index is 0.0416. The molecule has 1 aliphatic heterocycles. The fraction of sp³-hybridized carbons (Fsp3) is 0.727. The van der Waals surface area contributed by atoms with Gasteiger partial charge in [0.15, 0.2) is 0 Å². The Morgan fingerprint density at radius 2 is 2.27 bits per heavy atom. The highest BCUT2D eigenvalue weighted by atomic mass is 19.1. The molecule has 0 saturated carbocycles. The van der Waals surface area contributed by atoms with E-state index in [0.29, 0.717) is 25.5 Å². The highest BCUT2D eigenvalue weighted by molar-refractivity contribution is 5.29. The first-order valence-corrected chi connectivity index (χ1v) is 5.32. The third-order valence-electron chi connectivity index (χ3n) is 2.63. The van der Waals surface area contributed by atoms with E-state index in [0.717, 1.165) is 5.76 Å². The van der Waals surface area contributed by atoms with Crippen molar-refractivity contribution in [1.29, 1.82) is 0 Å². The molecule has 1 aromatic heterocycles. The Morgan fingerprint density at radius 3 is 2.73 bits per heavy atom. The van der Waals surface area contributed by atoms with Crippen LogP contribution in [0.5, 0.6) is 0 Å². The fourth-order valence-corrected chi connectivity index (χ4v) is 1.65. The molecule has 1 aliphatic rings. The van der Waals surface area contributed by atoms with Crippen molar-refractivity contribution in [2.75, 3.05) is 18.0 Å². The summed E-state index contributed by atoms with van der Waals surface area (Å²) in [5.74, 6) is 0.847. The quantitative estimate of drug-likeness (QED) is 0.716. The van der Waals surface area contributed by atoms with Crippen molar-refractivity contribution in [2.24, 2.45) is 0 Å². The average molecular weight is 212 g/mol. The summed E-state index contributed by atoms with van der Waals surface area (Å²) >= 11 is 0. The van der Waals surface area contributed by atoms with Gasteiger partial charge in [-0.2, -0.15) is 0 Å². The second-order valence-electron chi connectivity index (χ2n) is 5.09. The van der Waals surface area contributed by atoms with Crippen LogP contribution < -0.4 is 4.90 Å². The topological polar surface area (TPSA) is 29.3 Å². The molecule has 2 heterocycles. The smallest absolute Gasteiger partial charge is 0.297 e. The molecular formula is C11H17FN2O. The lowest BCUT2D eigenvalue weighted by Crippen LogP contribution is -2.20. The molecule has 0 unspecified atom stereocenters. The van der Waals surface area contributed by atoms with E-state index in [2.05, 4.69) is 25.8 Å². The Labute approximate surface area is 89.3 Å². The molecule has 1 fully saturated rings. The number of rotatable bonds is 1. The highest BCUT2D eigenvalue weighted by Crippen LogP contribution is 2.28. The van der Waals surface area contributed by atoms with Crippen LogP contribution in [0.25, 0.3) is 0 Å². The van der Waals surface area contributed by atoms with Crippen molar-refractivity contribution in [2.45, 2.75) is 38.8 Å². The Morgan fingerprint density at radius 1 is 1.53 bits per heavy atom. The van der Waals surface area contributed by atoms with Crippen molar-refractivity contribution in [3.63, 3.8) is 0 Å². The normalized spacial score (nSPS) is 22.4. The Bertz CT molecular complexity index is 343. The number of oxazole rings is 1. The van der Waals surface area contributed by atoms with Crippen molar-refractivity contribution in [3.05, 3.63) is 12.0 Å². The van der Waals surface area contributed by atoms with Crippen molar-refractivity contribution >= 4 is 6.01 Å². The van der Waals surface area contributed by atoms with Gasteiger partial charge >= 0.3 is 0 Å². The zero-order valence-corrected chi connectivity index (χ0v) is 9.46. The molecule has 0 bridgehead atoms. The third-order valence-corrected chi connectivity index (χ3v) is 2.63. The molecule has 2 rings (SSSR count). The number of nitrogens with zero attached hydrogens (tertiary/aromatic N) is 2. The van der Waals surface area contributed by atoms with E-state index >= 15 is 0 Å². The number of hydrogen-bond acceptors (Lipinski definition) is 3. The molecule has 0 amide bonds. The summed E-state index contributed by atoms with van der Waals surface area (Å²) in [5.41, 5.74) is -0.0416. The van der Waals surface area contributed by atoms with E-state index in [1.54, 1.807) is 6.20 Å². The first-order valence-electron chi connectivity index (χ1n) is 5.32. The Kier molecular flexibility index (Phi) is 2.44. The van der Waals surface area contributed by atoms with Crippen LogP contribution in [0.4, 0.5) is 10.4 Å². The minimum Gasteiger partial charge on any atom is -0.428 e. The van der Waals surface area contributed by atoms with E-state index in [9.17, 15) is 4.39 Å². The van der Waals surface area contributed by atoms with Crippen LogP contribution in [0.15, 0.2) is 10.6 Å². The molecule has 0 N–H and O–H groups in total. The van der Waals surface area contributed by atoms with Crippen molar-refractivity contribution in [3.8, 4) is 0 Å². The summed E-state index contributed by atoms with van der Waals surface area (Å²) in [4.78, 5) is 6.05. The van der Waals surface area contributed by atoms with Crippen LogP contribution in [0.3, 0.4) is 0 Å². The Hall–Kier alpha value is -1.06. The van der Waals surface area contributed by atoms with E-state index < -0.39 is 6.17 Å². The van der Waals surface area contributed by atoms with Crippen LogP contribution in [0.2, 0.25) is 0 Å². The van der Waals surface area contributed by atoms with E-state index in [1.165, 1.54) is 0 Å². The van der Waals surface area contributed by atoms with E-state index in [-0.39, 0.29) is 5.41 Å².